The zero-order valence-electron chi connectivity index (χ0n) is 18.1. The lowest BCUT2D eigenvalue weighted by Crippen LogP contribution is -2.40. The van der Waals surface area contributed by atoms with Crippen LogP contribution in [0.4, 0.5) is 5.69 Å². The molecule has 1 unspecified atom stereocenters. The fraction of sp³-hybridized carbons (Fsp3) is 0.458. The molecule has 0 spiro atoms. The number of methoxy groups -OCH3 is 1. The van der Waals surface area contributed by atoms with Crippen molar-refractivity contribution in [3.63, 3.8) is 0 Å². The maximum absolute atomic E-state index is 13.2. The molecule has 1 N–H and O–H groups in total. The summed E-state index contributed by atoms with van der Waals surface area (Å²) in [4.78, 5) is 15.4. The minimum absolute atomic E-state index is 0.0802. The molecule has 2 fully saturated rings. The summed E-state index contributed by atoms with van der Waals surface area (Å²) >= 11 is 0. The van der Waals surface area contributed by atoms with E-state index in [0.29, 0.717) is 18.8 Å². The predicted molar refractivity (Wildman–Crippen MR) is 121 cm³/mol. The molecule has 4 rings (SSSR count). The van der Waals surface area contributed by atoms with E-state index < -0.39 is 10.0 Å². The van der Waals surface area contributed by atoms with Gasteiger partial charge in [-0.25, -0.2) is 13.1 Å². The second-order valence-corrected chi connectivity index (χ2v) is 10.3. The zero-order valence-corrected chi connectivity index (χ0v) is 18.9. The highest BCUT2D eigenvalue weighted by Gasteiger charge is 2.35. The number of amides is 1. The number of benzene rings is 2. The summed E-state index contributed by atoms with van der Waals surface area (Å²) in [6, 6.07) is 14.7. The van der Waals surface area contributed by atoms with Crippen molar-refractivity contribution in [3.05, 3.63) is 54.1 Å². The van der Waals surface area contributed by atoms with Gasteiger partial charge in [-0.3, -0.25) is 4.79 Å². The number of nitrogens with one attached hydrogen (secondary N) is 1. The highest BCUT2D eigenvalue weighted by atomic mass is 32.2. The Hall–Kier alpha value is -2.38. The van der Waals surface area contributed by atoms with E-state index in [1.165, 1.54) is 0 Å². The smallest absolute Gasteiger partial charge is 0.240 e. The number of sulfonamides is 1. The Kier molecular flexibility index (Phi) is 6.34. The first-order valence-corrected chi connectivity index (χ1v) is 12.4. The van der Waals surface area contributed by atoms with Crippen LogP contribution in [-0.4, -0.2) is 33.5 Å². The van der Waals surface area contributed by atoms with Crippen LogP contribution in [0.5, 0.6) is 5.75 Å². The van der Waals surface area contributed by atoms with Crippen molar-refractivity contribution < 1.29 is 17.9 Å². The van der Waals surface area contributed by atoms with Gasteiger partial charge in [-0.2, -0.15) is 0 Å². The number of hydrogen-bond acceptors (Lipinski definition) is 4. The SMILES string of the molecule is COc1ccc(N(C(=O)CCc2ccc(S(=O)(=O)NC3CC3)cc2)C(C)C2CC2)cc1. The predicted octanol–water partition coefficient (Wildman–Crippen LogP) is 3.90. The largest absolute Gasteiger partial charge is 0.497 e. The first kappa shape index (κ1) is 21.8. The molecular weight excluding hydrogens is 412 g/mol. The van der Waals surface area contributed by atoms with Crippen molar-refractivity contribution >= 4 is 21.6 Å². The standard InChI is InChI=1S/C24H30N2O4S/c1-17(19-6-7-19)26(21-10-12-22(30-2)13-11-21)24(27)16-5-18-3-14-23(15-4-18)31(28,29)25-20-8-9-20/h3-4,10-15,17,19-20,25H,5-9,16H2,1-2H3. The van der Waals surface area contributed by atoms with Crippen molar-refractivity contribution in [2.24, 2.45) is 5.92 Å². The summed E-state index contributed by atoms with van der Waals surface area (Å²) < 4.78 is 32.6. The van der Waals surface area contributed by atoms with E-state index in [1.54, 1.807) is 31.4 Å². The van der Waals surface area contributed by atoms with Gasteiger partial charge in [-0.1, -0.05) is 12.1 Å². The molecule has 0 radical (unpaired) electrons. The molecular formula is C24H30N2O4S. The summed E-state index contributed by atoms with van der Waals surface area (Å²) in [6.45, 7) is 2.12. The number of hydrogen-bond donors (Lipinski definition) is 1. The third-order valence-corrected chi connectivity index (χ3v) is 7.63. The molecule has 0 saturated heterocycles. The summed E-state index contributed by atoms with van der Waals surface area (Å²) in [7, 11) is -1.82. The van der Waals surface area contributed by atoms with E-state index >= 15 is 0 Å². The number of carbonyl (C=O) groups is 1. The molecule has 2 aromatic carbocycles. The highest BCUT2D eigenvalue weighted by molar-refractivity contribution is 7.89. The fourth-order valence-corrected chi connectivity index (χ4v) is 5.14. The monoisotopic (exact) mass is 442 g/mol. The molecule has 0 aromatic heterocycles. The van der Waals surface area contributed by atoms with E-state index in [1.807, 2.05) is 29.2 Å². The van der Waals surface area contributed by atoms with Gasteiger partial charge >= 0.3 is 0 Å². The molecule has 0 aliphatic heterocycles. The molecule has 2 saturated carbocycles. The van der Waals surface area contributed by atoms with Crippen molar-refractivity contribution in [1.29, 1.82) is 0 Å². The molecule has 166 valence electrons. The highest BCUT2D eigenvalue weighted by Crippen LogP contribution is 2.37. The Labute approximate surface area is 184 Å². The molecule has 6 nitrogen and oxygen atoms in total. The van der Waals surface area contributed by atoms with Crippen LogP contribution in [0.1, 0.15) is 44.6 Å². The van der Waals surface area contributed by atoms with Crippen molar-refractivity contribution in [2.45, 2.75) is 62.4 Å². The van der Waals surface area contributed by atoms with Gasteiger partial charge in [0.15, 0.2) is 0 Å². The van der Waals surface area contributed by atoms with Crippen LogP contribution in [0, 0.1) is 5.92 Å². The molecule has 7 heteroatoms. The topological polar surface area (TPSA) is 75.7 Å². The summed E-state index contributed by atoms with van der Waals surface area (Å²) in [5, 5.41) is 0. The third kappa shape index (κ3) is 5.46. The van der Waals surface area contributed by atoms with Crippen molar-refractivity contribution in [2.75, 3.05) is 12.0 Å². The lowest BCUT2D eigenvalue weighted by molar-refractivity contribution is -0.119. The molecule has 2 aliphatic carbocycles. The Morgan fingerprint density at radius 1 is 1.06 bits per heavy atom. The summed E-state index contributed by atoms with van der Waals surface area (Å²) in [5.41, 5.74) is 1.84. The number of anilines is 1. The quantitative estimate of drug-likeness (QED) is 0.606. The number of carbonyl (C=O) groups excluding carboxylic acids is 1. The molecule has 1 atom stereocenters. The van der Waals surface area contributed by atoms with Crippen LogP contribution in [0.15, 0.2) is 53.4 Å². The van der Waals surface area contributed by atoms with Gasteiger partial charge in [0.25, 0.3) is 0 Å². The molecule has 2 aromatic rings. The van der Waals surface area contributed by atoms with Crippen LogP contribution < -0.4 is 14.4 Å². The minimum atomic E-state index is -3.45. The molecule has 2 aliphatic rings. The van der Waals surface area contributed by atoms with Gasteiger partial charge in [-0.15, -0.1) is 0 Å². The average Bonchev–Trinajstić information content (AvgIpc) is 3.68. The van der Waals surface area contributed by atoms with E-state index in [9.17, 15) is 13.2 Å². The Morgan fingerprint density at radius 3 is 2.26 bits per heavy atom. The van der Waals surface area contributed by atoms with Crippen LogP contribution in [0.3, 0.4) is 0 Å². The van der Waals surface area contributed by atoms with Gasteiger partial charge < -0.3 is 9.64 Å². The average molecular weight is 443 g/mol. The Morgan fingerprint density at radius 2 is 1.71 bits per heavy atom. The fourth-order valence-electron chi connectivity index (χ4n) is 3.83. The maximum atomic E-state index is 13.2. The van der Waals surface area contributed by atoms with E-state index in [-0.39, 0.29) is 22.9 Å². The lowest BCUT2D eigenvalue weighted by atomic mass is 10.1. The van der Waals surface area contributed by atoms with Crippen molar-refractivity contribution in [3.8, 4) is 5.75 Å². The van der Waals surface area contributed by atoms with Gasteiger partial charge in [0.05, 0.1) is 12.0 Å². The Bertz CT molecular complexity index is 1010. The van der Waals surface area contributed by atoms with E-state index in [0.717, 1.165) is 42.7 Å². The van der Waals surface area contributed by atoms with Crippen molar-refractivity contribution in [1.82, 2.24) is 4.72 Å². The summed E-state index contributed by atoms with van der Waals surface area (Å²) in [5.74, 6) is 1.40. The van der Waals surface area contributed by atoms with Crippen LogP contribution in [0.2, 0.25) is 0 Å². The van der Waals surface area contributed by atoms with Gasteiger partial charge in [0.2, 0.25) is 15.9 Å². The summed E-state index contributed by atoms with van der Waals surface area (Å²) in [6.07, 6.45) is 5.07. The maximum Gasteiger partial charge on any atom is 0.240 e. The molecule has 1 amide bonds. The van der Waals surface area contributed by atoms with E-state index in [4.69, 9.17) is 4.74 Å². The third-order valence-electron chi connectivity index (χ3n) is 6.09. The number of aryl methyl sites for hydroxylation is 1. The van der Waals surface area contributed by atoms with Gasteiger partial charge in [0.1, 0.15) is 5.75 Å². The normalized spacial score (nSPS) is 17.2. The minimum Gasteiger partial charge on any atom is -0.497 e. The van der Waals surface area contributed by atoms with Crippen LogP contribution in [-0.2, 0) is 21.2 Å². The molecule has 31 heavy (non-hydrogen) atoms. The van der Waals surface area contributed by atoms with Crippen LogP contribution >= 0.6 is 0 Å². The lowest BCUT2D eigenvalue weighted by Gasteiger charge is -2.30. The number of nitrogens with zero attached hydrogens (tertiary/aromatic N) is 1. The zero-order chi connectivity index (χ0) is 22.0. The van der Waals surface area contributed by atoms with E-state index in [2.05, 4.69) is 11.6 Å². The Balaban J connectivity index is 1.42. The number of rotatable bonds is 10. The molecule has 0 bridgehead atoms. The first-order valence-electron chi connectivity index (χ1n) is 10.9. The second kappa shape index (κ2) is 9.01. The number of ether oxygens (including phenoxy) is 1. The molecule has 0 heterocycles. The first-order chi connectivity index (χ1) is 14.9. The van der Waals surface area contributed by atoms with Gasteiger partial charge in [-0.05, 0) is 86.9 Å². The van der Waals surface area contributed by atoms with Crippen LogP contribution in [0.25, 0.3) is 0 Å². The van der Waals surface area contributed by atoms with Gasteiger partial charge in [0, 0.05) is 24.2 Å². The second-order valence-electron chi connectivity index (χ2n) is 8.58.